The van der Waals surface area contributed by atoms with Gasteiger partial charge >= 0.3 is 0 Å². The number of nitrogens with zero attached hydrogens (tertiary/aromatic N) is 1. The summed E-state index contributed by atoms with van der Waals surface area (Å²) >= 11 is 0. The van der Waals surface area contributed by atoms with Crippen LogP contribution < -0.4 is 10.6 Å². The lowest BCUT2D eigenvalue weighted by Gasteiger charge is -2.25. The van der Waals surface area contributed by atoms with Gasteiger partial charge in [-0.25, -0.2) is 0 Å². The van der Waals surface area contributed by atoms with Crippen LogP contribution in [0.1, 0.15) is 18.5 Å². The van der Waals surface area contributed by atoms with Gasteiger partial charge in [-0.15, -0.1) is 0 Å². The van der Waals surface area contributed by atoms with Crippen LogP contribution in [-0.4, -0.2) is 25.1 Å². The number of aryl methyl sites for hydroxylation is 1. The van der Waals surface area contributed by atoms with E-state index in [2.05, 4.69) is 48.1 Å². The van der Waals surface area contributed by atoms with Crippen molar-refractivity contribution in [2.24, 2.45) is 11.1 Å². The van der Waals surface area contributed by atoms with E-state index >= 15 is 0 Å². The summed E-state index contributed by atoms with van der Waals surface area (Å²) in [4.78, 5) is 5.83. The molecule has 96 valence electrons. The Morgan fingerprint density at radius 1 is 1.33 bits per heavy atom. The number of anilines is 1. The first kappa shape index (κ1) is 11.6. The van der Waals surface area contributed by atoms with E-state index in [0.29, 0.717) is 5.41 Å². The molecule has 3 heteroatoms. The molecular formula is C15H21N3. The Kier molecular flexibility index (Phi) is 2.59. The highest BCUT2D eigenvalue weighted by atomic mass is 15.1. The van der Waals surface area contributed by atoms with Crippen molar-refractivity contribution >= 4 is 16.6 Å². The predicted octanol–water partition coefficient (Wildman–Crippen LogP) is 2.65. The molecule has 1 fully saturated rings. The second-order valence-corrected chi connectivity index (χ2v) is 5.70. The van der Waals surface area contributed by atoms with Gasteiger partial charge in [0.2, 0.25) is 0 Å². The fourth-order valence-corrected chi connectivity index (χ4v) is 2.94. The Bertz CT molecular complexity index is 566. The first-order valence-electron chi connectivity index (χ1n) is 6.64. The SMILES string of the molecule is Cc1[nH]c2ccccc2c1N(C)CC1(CN)CC1. The van der Waals surface area contributed by atoms with E-state index in [1.807, 2.05) is 0 Å². The van der Waals surface area contributed by atoms with Crippen molar-refractivity contribution in [3.8, 4) is 0 Å². The van der Waals surface area contributed by atoms with E-state index < -0.39 is 0 Å². The smallest absolute Gasteiger partial charge is 0.0651 e. The molecule has 1 aliphatic carbocycles. The number of nitrogens with two attached hydrogens (primary N) is 1. The van der Waals surface area contributed by atoms with Crippen LogP contribution in [0.4, 0.5) is 5.69 Å². The van der Waals surface area contributed by atoms with E-state index in [4.69, 9.17) is 5.73 Å². The molecular weight excluding hydrogens is 222 g/mol. The van der Waals surface area contributed by atoms with Crippen LogP contribution in [0.15, 0.2) is 24.3 Å². The van der Waals surface area contributed by atoms with Gasteiger partial charge in [0.05, 0.1) is 5.69 Å². The molecule has 1 aromatic heterocycles. The number of rotatable bonds is 4. The summed E-state index contributed by atoms with van der Waals surface area (Å²) in [6.45, 7) is 4.01. The number of hydrogen-bond donors (Lipinski definition) is 2. The summed E-state index contributed by atoms with van der Waals surface area (Å²) in [5.41, 5.74) is 10.0. The summed E-state index contributed by atoms with van der Waals surface area (Å²) in [5.74, 6) is 0. The van der Waals surface area contributed by atoms with E-state index in [1.54, 1.807) is 0 Å². The van der Waals surface area contributed by atoms with Crippen molar-refractivity contribution in [2.45, 2.75) is 19.8 Å². The van der Waals surface area contributed by atoms with Crippen molar-refractivity contribution in [1.82, 2.24) is 4.98 Å². The zero-order valence-electron chi connectivity index (χ0n) is 11.2. The quantitative estimate of drug-likeness (QED) is 0.867. The average molecular weight is 243 g/mol. The van der Waals surface area contributed by atoms with E-state index in [-0.39, 0.29) is 0 Å². The largest absolute Gasteiger partial charge is 0.372 e. The predicted molar refractivity (Wildman–Crippen MR) is 77.0 cm³/mol. The Morgan fingerprint density at radius 3 is 2.72 bits per heavy atom. The molecule has 0 saturated heterocycles. The van der Waals surface area contributed by atoms with Crippen LogP contribution in [0, 0.1) is 12.3 Å². The summed E-state index contributed by atoms with van der Waals surface area (Å²) in [7, 11) is 2.18. The molecule has 1 heterocycles. The third-order valence-electron chi connectivity index (χ3n) is 4.20. The maximum absolute atomic E-state index is 5.89. The molecule has 18 heavy (non-hydrogen) atoms. The van der Waals surface area contributed by atoms with Gasteiger partial charge in [0.1, 0.15) is 0 Å². The minimum Gasteiger partial charge on any atom is -0.372 e. The van der Waals surface area contributed by atoms with Crippen LogP contribution in [0.2, 0.25) is 0 Å². The number of fused-ring (bicyclic) bond motifs is 1. The highest BCUT2D eigenvalue weighted by Gasteiger charge is 2.42. The number of benzene rings is 1. The number of aromatic amines is 1. The Balaban J connectivity index is 1.95. The molecule has 0 amide bonds. The lowest BCUT2D eigenvalue weighted by molar-refractivity contribution is 0.523. The lowest BCUT2D eigenvalue weighted by Crippen LogP contribution is -2.31. The van der Waals surface area contributed by atoms with E-state index in [1.165, 1.54) is 35.1 Å². The molecule has 0 unspecified atom stereocenters. The first-order chi connectivity index (χ1) is 8.65. The van der Waals surface area contributed by atoms with Gasteiger partial charge in [0.15, 0.2) is 0 Å². The number of nitrogens with one attached hydrogen (secondary N) is 1. The standard InChI is InChI=1S/C15H21N3/c1-11-14(12-5-3-4-6-13(12)17-11)18(2)10-15(9-16)7-8-15/h3-6,17H,7-10,16H2,1-2H3. The third kappa shape index (κ3) is 1.79. The minimum absolute atomic E-state index is 0.375. The second kappa shape index (κ2) is 4.02. The van der Waals surface area contributed by atoms with Crippen molar-refractivity contribution < 1.29 is 0 Å². The lowest BCUT2D eigenvalue weighted by atomic mass is 10.1. The van der Waals surface area contributed by atoms with Crippen molar-refractivity contribution in [3.63, 3.8) is 0 Å². The molecule has 2 aromatic rings. The zero-order chi connectivity index (χ0) is 12.8. The minimum atomic E-state index is 0.375. The average Bonchev–Trinajstić information content (AvgIpc) is 3.03. The summed E-state index contributed by atoms with van der Waals surface area (Å²) < 4.78 is 0. The molecule has 0 radical (unpaired) electrons. The maximum Gasteiger partial charge on any atom is 0.0651 e. The molecule has 3 nitrogen and oxygen atoms in total. The van der Waals surface area contributed by atoms with Gasteiger partial charge in [0, 0.05) is 35.6 Å². The van der Waals surface area contributed by atoms with E-state index in [9.17, 15) is 0 Å². The van der Waals surface area contributed by atoms with Crippen LogP contribution in [0.3, 0.4) is 0 Å². The summed E-state index contributed by atoms with van der Waals surface area (Å²) in [6, 6.07) is 8.50. The topological polar surface area (TPSA) is 45.0 Å². The molecule has 0 aliphatic heterocycles. The number of aromatic nitrogens is 1. The van der Waals surface area contributed by atoms with Crippen LogP contribution in [0.25, 0.3) is 10.9 Å². The van der Waals surface area contributed by atoms with E-state index in [0.717, 1.165) is 13.1 Å². The molecule has 1 aliphatic rings. The number of hydrogen-bond acceptors (Lipinski definition) is 2. The molecule has 3 rings (SSSR count). The monoisotopic (exact) mass is 243 g/mol. The number of para-hydroxylation sites is 1. The zero-order valence-corrected chi connectivity index (χ0v) is 11.2. The van der Waals surface area contributed by atoms with Crippen LogP contribution >= 0.6 is 0 Å². The molecule has 1 saturated carbocycles. The van der Waals surface area contributed by atoms with Crippen LogP contribution in [0.5, 0.6) is 0 Å². The van der Waals surface area contributed by atoms with Gasteiger partial charge in [-0.3, -0.25) is 0 Å². The number of H-pyrrole nitrogens is 1. The Hall–Kier alpha value is -1.48. The Labute approximate surface area is 108 Å². The highest BCUT2D eigenvalue weighted by molar-refractivity contribution is 5.94. The van der Waals surface area contributed by atoms with Gasteiger partial charge < -0.3 is 15.6 Å². The van der Waals surface area contributed by atoms with Crippen molar-refractivity contribution in [3.05, 3.63) is 30.0 Å². The van der Waals surface area contributed by atoms with Gasteiger partial charge in [-0.2, -0.15) is 0 Å². The van der Waals surface area contributed by atoms with Gasteiger partial charge in [-0.05, 0) is 32.4 Å². The molecule has 0 atom stereocenters. The fraction of sp³-hybridized carbons (Fsp3) is 0.467. The van der Waals surface area contributed by atoms with Gasteiger partial charge in [-0.1, -0.05) is 18.2 Å². The fourth-order valence-electron chi connectivity index (χ4n) is 2.94. The maximum atomic E-state index is 5.89. The Morgan fingerprint density at radius 2 is 2.06 bits per heavy atom. The molecule has 0 bridgehead atoms. The molecule has 0 spiro atoms. The third-order valence-corrected chi connectivity index (χ3v) is 4.20. The molecule has 1 aromatic carbocycles. The summed E-state index contributed by atoms with van der Waals surface area (Å²) in [5, 5.41) is 1.31. The highest BCUT2D eigenvalue weighted by Crippen LogP contribution is 2.46. The summed E-state index contributed by atoms with van der Waals surface area (Å²) in [6.07, 6.45) is 2.55. The van der Waals surface area contributed by atoms with Crippen molar-refractivity contribution in [2.75, 3.05) is 25.0 Å². The molecule has 3 N–H and O–H groups in total. The van der Waals surface area contributed by atoms with Crippen molar-refractivity contribution in [1.29, 1.82) is 0 Å². The van der Waals surface area contributed by atoms with Crippen LogP contribution in [-0.2, 0) is 0 Å². The first-order valence-corrected chi connectivity index (χ1v) is 6.64. The normalized spacial score (nSPS) is 17.1. The van der Waals surface area contributed by atoms with Gasteiger partial charge in [0.25, 0.3) is 0 Å². The second-order valence-electron chi connectivity index (χ2n) is 5.70.